The van der Waals surface area contributed by atoms with Gasteiger partial charge in [0.1, 0.15) is 0 Å². The summed E-state index contributed by atoms with van der Waals surface area (Å²) < 4.78 is 0. The lowest BCUT2D eigenvalue weighted by molar-refractivity contribution is 0.183. The molecule has 1 heterocycles. The minimum absolute atomic E-state index is 0.0919. The van der Waals surface area contributed by atoms with Gasteiger partial charge in [-0.15, -0.1) is 0 Å². The van der Waals surface area contributed by atoms with Crippen LogP contribution in [0.4, 0.5) is 5.69 Å². The number of benzene rings is 1. The summed E-state index contributed by atoms with van der Waals surface area (Å²) in [6.45, 7) is 4.17. The topological polar surface area (TPSA) is 49.5 Å². The number of aliphatic hydroxyl groups excluding tert-OH is 1. The predicted molar refractivity (Wildman–Crippen MR) is 71.2 cm³/mol. The van der Waals surface area contributed by atoms with Crippen molar-refractivity contribution in [3.63, 3.8) is 0 Å². The Morgan fingerprint density at radius 1 is 1.35 bits per heavy atom. The highest BCUT2D eigenvalue weighted by Gasteiger charge is 2.27. The Morgan fingerprint density at radius 2 is 2.18 bits per heavy atom. The first-order chi connectivity index (χ1) is 8.13. The zero-order chi connectivity index (χ0) is 12.3. The molecule has 0 aliphatic carbocycles. The molecule has 2 rings (SSSR count). The van der Waals surface area contributed by atoms with E-state index in [1.165, 1.54) is 11.3 Å². The lowest BCUT2D eigenvalue weighted by Gasteiger charge is -2.26. The van der Waals surface area contributed by atoms with Crippen molar-refractivity contribution in [1.29, 1.82) is 0 Å². The first kappa shape index (κ1) is 12.4. The zero-order valence-corrected chi connectivity index (χ0v) is 10.5. The average Bonchev–Trinajstić information content (AvgIpc) is 2.52. The van der Waals surface area contributed by atoms with Gasteiger partial charge in [0.2, 0.25) is 0 Å². The van der Waals surface area contributed by atoms with Crippen molar-refractivity contribution in [1.82, 2.24) is 0 Å². The number of nitrogens with two attached hydrogens (primary N) is 1. The molecule has 94 valence electrons. The zero-order valence-electron chi connectivity index (χ0n) is 10.5. The standard InChI is InChI=1S/C14H22N2O/c1-12-4-2-5-13(10-12)16-8-3-6-14(15,11-17)7-9-16/h2,4-5,10,17H,3,6-9,11,15H2,1H3. The number of hydrogen-bond acceptors (Lipinski definition) is 3. The first-order valence-corrected chi connectivity index (χ1v) is 6.34. The van der Waals surface area contributed by atoms with Crippen LogP contribution in [0.2, 0.25) is 0 Å². The third-order valence-corrected chi connectivity index (χ3v) is 3.66. The van der Waals surface area contributed by atoms with Gasteiger partial charge in [-0.3, -0.25) is 0 Å². The molecule has 1 fully saturated rings. The van der Waals surface area contributed by atoms with Crippen LogP contribution in [0.1, 0.15) is 24.8 Å². The van der Waals surface area contributed by atoms with E-state index in [-0.39, 0.29) is 12.1 Å². The smallest absolute Gasteiger partial charge is 0.0611 e. The van der Waals surface area contributed by atoms with Crippen molar-refractivity contribution in [2.75, 3.05) is 24.6 Å². The van der Waals surface area contributed by atoms with Gasteiger partial charge in [-0.05, 0) is 43.9 Å². The van der Waals surface area contributed by atoms with Crippen LogP contribution < -0.4 is 10.6 Å². The highest BCUT2D eigenvalue weighted by Crippen LogP contribution is 2.24. The van der Waals surface area contributed by atoms with Crippen LogP contribution >= 0.6 is 0 Å². The largest absolute Gasteiger partial charge is 0.394 e. The van der Waals surface area contributed by atoms with E-state index in [2.05, 4.69) is 36.1 Å². The van der Waals surface area contributed by atoms with E-state index in [4.69, 9.17) is 5.73 Å². The van der Waals surface area contributed by atoms with Crippen LogP contribution in [0, 0.1) is 6.92 Å². The Balaban J connectivity index is 2.09. The molecular formula is C14H22N2O. The summed E-state index contributed by atoms with van der Waals surface area (Å²) in [7, 11) is 0. The molecule has 17 heavy (non-hydrogen) atoms. The predicted octanol–water partition coefficient (Wildman–Crippen LogP) is 1.68. The monoisotopic (exact) mass is 234 g/mol. The summed E-state index contributed by atoms with van der Waals surface area (Å²) in [6.07, 6.45) is 2.81. The van der Waals surface area contributed by atoms with Crippen molar-refractivity contribution in [2.24, 2.45) is 5.73 Å². The minimum atomic E-state index is -0.376. The van der Waals surface area contributed by atoms with Crippen LogP contribution in [0.5, 0.6) is 0 Å². The molecule has 0 radical (unpaired) electrons. The van der Waals surface area contributed by atoms with Crippen LogP contribution in [-0.4, -0.2) is 30.3 Å². The van der Waals surface area contributed by atoms with E-state index in [1.807, 2.05) is 0 Å². The summed E-state index contributed by atoms with van der Waals surface area (Å²) in [5, 5.41) is 9.33. The number of rotatable bonds is 2. The van der Waals surface area contributed by atoms with Crippen LogP contribution in [0.15, 0.2) is 24.3 Å². The lowest BCUT2D eigenvalue weighted by Crippen LogP contribution is -2.44. The molecule has 0 bridgehead atoms. The normalized spacial score (nSPS) is 25.7. The maximum Gasteiger partial charge on any atom is 0.0611 e. The van der Waals surface area contributed by atoms with E-state index in [0.717, 1.165) is 32.4 Å². The highest BCUT2D eigenvalue weighted by molar-refractivity contribution is 5.48. The molecule has 0 amide bonds. The second-order valence-corrected chi connectivity index (χ2v) is 5.20. The minimum Gasteiger partial charge on any atom is -0.394 e. The Labute approximate surface area is 103 Å². The van der Waals surface area contributed by atoms with Gasteiger partial charge in [-0.25, -0.2) is 0 Å². The summed E-state index contributed by atoms with van der Waals surface area (Å²) in [5.41, 5.74) is 8.33. The fourth-order valence-electron chi connectivity index (χ4n) is 2.46. The Morgan fingerprint density at radius 3 is 2.88 bits per heavy atom. The molecule has 0 aromatic heterocycles. The fraction of sp³-hybridized carbons (Fsp3) is 0.571. The maximum atomic E-state index is 9.33. The molecule has 1 atom stereocenters. The van der Waals surface area contributed by atoms with Crippen molar-refractivity contribution in [2.45, 2.75) is 31.7 Å². The molecule has 3 nitrogen and oxygen atoms in total. The molecule has 3 N–H and O–H groups in total. The van der Waals surface area contributed by atoms with Crippen molar-refractivity contribution in [3.8, 4) is 0 Å². The van der Waals surface area contributed by atoms with Gasteiger partial charge in [-0.1, -0.05) is 12.1 Å². The molecule has 3 heteroatoms. The number of aryl methyl sites for hydroxylation is 1. The van der Waals surface area contributed by atoms with Crippen LogP contribution in [0.25, 0.3) is 0 Å². The molecule has 1 aliphatic rings. The van der Waals surface area contributed by atoms with Gasteiger partial charge < -0.3 is 15.7 Å². The quantitative estimate of drug-likeness (QED) is 0.818. The SMILES string of the molecule is Cc1cccc(N2CCCC(N)(CO)CC2)c1. The Kier molecular flexibility index (Phi) is 3.69. The maximum absolute atomic E-state index is 9.33. The Bertz CT molecular complexity index is 380. The molecule has 1 unspecified atom stereocenters. The molecule has 1 aromatic carbocycles. The third kappa shape index (κ3) is 2.99. The number of anilines is 1. The van der Waals surface area contributed by atoms with Gasteiger partial charge in [0.15, 0.2) is 0 Å². The van der Waals surface area contributed by atoms with Gasteiger partial charge in [0, 0.05) is 24.3 Å². The average molecular weight is 234 g/mol. The van der Waals surface area contributed by atoms with Gasteiger partial charge in [-0.2, -0.15) is 0 Å². The van der Waals surface area contributed by atoms with E-state index in [9.17, 15) is 5.11 Å². The van der Waals surface area contributed by atoms with E-state index in [1.54, 1.807) is 0 Å². The number of nitrogens with zero attached hydrogens (tertiary/aromatic N) is 1. The van der Waals surface area contributed by atoms with Crippen molar-refractivity contribution >= 4 is 5.69 Å². The molecule has 1 saturated heterocycles. The number of hydrogen-bond donors (Lipinski definition) is 2. The van der Waals surface area contributed by atoms with Crippen LogP contribution in [-0.2, 0) is 0 Å². The summed E-state index contributed by atoms with van der Waals surface area (Å²) in [5.74, 6) is 0. The molecular weight excluding hydrogens is 212 g/mol. The fourth-order valence-corrected chi connectivity index (χ4v) is 2.46. The molecule has 0 saturated carbocycles. The second kappa shape index (κ2) is 5.07. The first-order valence-electron chi connectivity index (χ1n) is 6.34. The summed E-state index contributed by atoms with van der Waals surface area (Å²) in [6, 6.07) is 8.57. The second-order valence-electron chi connectivity index (χ2n) is 5.20. The van der Waals surface area contributed by atoms with Crippen LogP contribution in [0.3, 0.4) is 0 Å². The lowest BCUT2D eigenvalue weighted by atomic mass is 9.93. The Hall–Kier alpha value is -1.06. The van der Waals surface area contributed by atoms with E-state index >= 15 is 0 Å². The van der Waals surface area contributed by atoms with Gasteiger partial charge in [0.25, 0.3) is 0 Å². The highest BCUT2D eigenvalue weighted by atomic mass is 16.3. The molecule has 0 spiro atoms. The van der Waals surface area contributed by atoms with Crippen molar-refractivity contribution < 1.29 is 5.11 Å². The summed E-state index contributed by atoms with van der Waals surface area (Å²) >= 11 is 0. The van der Waals surface area contributed by atoms with Crippen molar-refractivity contribution in [3.05, 3.63) is 29.8 Å². The number of aliphatic hydroxyl groups is 1. The third-order valence-electron chi connectivity index (χ3n) is 3.66. The van der Waals surface area contributed by atoms with Gasteiger partial charge in [0.05, 0.1) is 6.61 Å². The summed E-state index contributed by atoms with van der Waals surface area (Å²) in [4.78, 5) is 2.37. The van der Waals surface area contributed by atoms with E-state index in [0.29, 0.717) is 0 Å². The van der Waals surface area contributed by atoms with Gasteiger partial charge >= 0.3 is 0 Å². The molecule has 1 aromatic rings. The van der Waals surface area contributed by atoms with E-state index < -0.39 is 0 Å². The molecule has 1 aliphatic heterocycles.